The van der Waals surface area contributed by atoms with Gasteiger partial charge in [0.1, 0.15) is 12.1 Å². The second-order valence-electron chi connectivity index (χ2n) is 10.9. The van der Waals surface area contributed by atoms with E-state index in [2.05, 4.69) is 34.6 Å². The van der Waals surface area contributed by atoms with Crippen LogP contribution in [0, 0.1) is 0 Å². The van der Waals surface area contributed by atoms with Crippen molar-refractivity contribution in [3.8, 4) is 0 Å². The lowest BCUT2D eigenvalue weighted by Gasteiger charge is -2.36. The number of hydrogen-bond acceptors (Lipinski definition) is 5. The highest BCUT2D eigenvalue weighted by atomic mass is 35.5. The number of likely N-dealkylation sites (tertiary alicyclic amines) is 1. The van der Waals surface area contributed by atoms with Crippen molar-refractivity contribution < 1.29 is 19.1 Å². The fraction of sp³-hybridized carbons (Fsp3) is 0.375. The molecule has 2 amide bonds. The number of fused-ring (bicyclic) bond motifs is 3. The lowest BCUT2D eigenvalue weighted by molar-refractivity contribution is 0.0690. The van der Waals surface area contributed by atoms with Crippen LogP contribution < -0.4 is 5.32 Å². The molecule has 0 radical (unpaired) electrons. The van der Waals surface area contributed by atoms with Crippen LogP contribution in [0.1, 0.15) is 49.0 Å². The van der Waals surface area contributed by atoms with Crippen molar-refractivity contribution in [1.82, 2.24) is 14.8 Å². The first kappa shape index (κ1) is 28.5. The van der Waals surface area contributed by atoms with Crippen LogP contribution in [0.3, 0.4) is 0 Å². The van der Waals surface area contributed by atoms with E-state index in [9.17, 15) is 9.59 Å². The highest BCUT2D eigenvalue weighted by molar-refractivity contribution is 6.31. The Hall–Kier alpha value is -3.62. The van der Waals surface area contributed by atoms with E-state index in [4.69, 9.17) is 32.7 Å². The minimum atomic E-state index is -0.362. The highest BCUT2D eigenvalue weighted by Crippen LogP contribution is 2.40. The molecule has 0 spiro atoms. The SMILES string of the molecule is CCOC(=O)N1CCC(Nc2ccc(C3c4[nH]c5ccc(Cl)cc5c4CCN3C(=O)OC3C=CC(Cl)=CC3)cc2)CC1. The summed E-state index contributed by atoms with van der Waals surface area (Å²) in [6, 6.07) is 14.0. The lowest BCUT2D eigenvalue weighted by atomic mass is 9.92. The van der Waals surface area contributed by atoms with Crippen molar-refractivity contribution in [2.45, 2.75) is 50.8 Å². The number of piperidine rings is 1. The van der Waals surface area contributed by atoms with Gasteiger partial charge in [-0.3, -0.25) is 4.90 Å². The van der Waals surface area contributed by atoms with Gasteiger partial charge < -0.3 is 24.7 Å². The third-order valence-corrected chi connectivity index (χ3v) is 8.72. The van der Waals surface area contributed by atoms with Crippen molar-refractivity contribution in [3.63, 3.8) is 0 Å². The molecule has 220 valence electrons. The average Bonchev–Trinajstić information content (AvgIpc) is 3.36. The Morgan fingerprint density at radius 1 is 1.05 bits per heavy atom. The number of anilines is 1. The number of hydrogen-bond donors (Lipinski definition) is 2. The predicted octanol–water partition coefficient (Wildman–Crippen LogP) is 7.39. The number of nitrogens with zero attached hydrogens (tertiary/aromatic N) is 2. The topological polar surface area (TPSA) is 86.9 Å². The summed E-state index contributed by atoms with van der Waals surface area (Å²) in [6.07, 6.45) is 7.43. The fourth-order valence-corrected chi connectivity index (χ4v) is 6.42. The summed E-state index contributed by atoms with van der Waals surface area (Å²) in [4.78, 5) is 32.8. The molecular weight excluding hydrogens is 575 g/mol. The molecule has 1 fully saturated rings. The van der Waals surface area contributed by atoms with E-state index < -0.39 is 0 Å². The number of rotatable bonds is 5. The summed E-state index contributed by atoms with van der Waals surface area (Å²) in [7, 11) is 0. The van der Waals surface area contributed by atoms with Gasteiger partial charge in [0.15, 0.2) is 0 Å². The Bertz CT molecular complexity index is 1530. The monoisotopic (exact) mass is 608 g/mol. The fourth-order valence-electron chi connectivity index (χ4n) is 6.08. The van der Waals surface area contributed by atoms with Crippen LogP contribution in [0.15, 0.2) is 65.7 Å². The number of allylic oxidation sites excluding steroid dienone is 2. The molecule has 3 heterocycles. The quantitative estimate of drug-likeness (QED) is 0.315. The first-order valence-corrected chi connectivity index (χ1v) is 15.2. The van der Waals surface area contributed by atoms with Crippen molar-refractivity contribution >= 4 is 52.0 Å². The third-order valence-electron chi connectivity index (χ3n) is 8.21. The molecule has 0 bridgehead atoms. The molecule has 42 heavy (non-hydrogen) atoms. The Balaban J connectivity index is 1.22. The maximum absolute atomic E-state index is 13.6. The molecule has 10 heteroatoms. The molecule has 2 N–H and O–H groups in total. The van der Waals surface area contributed by atoms with Crippen LogP contribution in [-0.2, 0) is 15.9 Å². The smallest absolute Gasteiger partial charge is 0.411 e. The van der Waals surface area contributed by atoms with E-state index in [1.54, 1.807) is 15.9 Å². The molecule has 1 aliphatic carbocycles. The number of nitrogens with one attached hydrogen (secondary N) is 2. The number of amides is 2. The van der Waals surface area contributed by atoms with Crippen LogP contribution in [0.25, 0.3) is 10.9 Å². The summed E-state index contributed by atoms with van der Waals surface area (Å²) >= 11 is 12.4. The second kappa shape index (κ2) is 12.3. The highest BCUT2D eigenvalue weighted by Gasteiger charge is 2.36. The van der Waals surface area contributed by atoms with Crippen LogP contribution >= 0.6 is 23.2 Å². The summed E-state index contributed by atoms with van der Waals surface area (Å²) in [6.45, 7) is 4.05. The average molecular weight is 610 g/mol. The zero-order valence-corrected chi connectivity index (χ0v) is 25.0. The van der Waals surface area contributed by atoms with E-state index >= 15 is 0 Å². The maximum atomic E-state index is 13.6. The van der Waals surface area contributed by atoms with Gasteiger partial charge in [0.05, 0.1) is 6.61 Å². The van der Waals surface area contributed by atoms with Gasteiger partial charge in [-0.15, -0.1) is 0 Å². The molecule has 3 aliphatic rings. The van der Waals surface area contributed by atoms with Gasteiger partial charge in [0.2, 0.25) is 0 Å². The zero-order valence-electron chi connectivity index (χ0n) is 23.4. The summed E-state index contributed by atoms with van der Waals surface area (Å²) in [5.74, 6) is 0. The lowest BCUT2D eigenvalue weighted by Crippen LogP contribution is -2.42. The first-order chi connectivity index (χ1) is 20.4. The standard InChI is InChI=1S/C32H34Cl2N4O4/c1-2-41-31(39)37-16-13-24(14-17-37)35-23-8-3-20(4-9-23)30-29-26(27-19-22(34)7-12-28(27)36-29)15-18-38(30)32(40)42-25-10-5-21(33)6-11-25/h3-10,12,19,24-25,30,35-36H,2,11,13-18H2,1H3. The van der Waals surface area contributed by atoms with Gasteiger partial charge >= 0.3 is 12.2 Å². The van der Waals surface area contributed by atoms with Crippen molar-refractivity contribution in [2.24, 2.45) is 0 Å². The van der Waals surface area contributed by atoms with Crippen molar-refractivity contribution in [2.75, 3.05) is 31.6 Å². The Kier molecular flexibility index (Phi) is 8.36. The normalized spacial score (nSPS) is 20.7. The number of aromatic amines is 1. The number of aromatic nitrogens is 1. The zero-order chi connectivity index (χ0) is 29.2. The van der Waals surface area contributed by atoms with E-state index in [0.717, 1.165) is 40.7 Å². The second-order valence-corrected chi connectivity index (χ2v) is 11.8. The molecule has 3 aromatic rings. The molecule has 2 aromatic carbocycles. The van der Waals surface area contributed by atoms with E-state index in [-0.39, 0.29) is 30.4 Å². The third kappa shape index (κ3) is 5.96. The largest absolute Gasteiger partial charge is 0.450 e. The van der Waals surface area contributed by atoms with Crippen molar-refractivity contribution in [1.29, 1.82) is 0 Å². The minimum Gasteiger partial charge on any atom is -0.450 e. The van der Waals surface area contributed by atoms with E-state index in [0.29, 0.717) is 49.1 Å². The molecule has 2 atom stereocenters. The predicted molar refractivity (Wildman–Crippen MR) is 165 cm³/mol. The van der Waals surface area contributed by atoms with E-state index in [1.165, 1.54) is 5.56 Å². The van der Waals surface area contributed by atoms with Gasteiger partial charge in [0.25, 0.3) is 0 Å². The Labute approximate surface area is 255 Å². The van der Waals surface area contributed by atoms with Gasteiger partial charge in [-0.25, -0.2) is 9.59 Å². The molecule has 2 unspecified atom stereocenters. The van der Waals surface area contributed by atoms with Crippen molar-refractivity contribution in [3.05, 3.63) is 87.6 Å². The summed E-state index contributed by atoms with van der Waals surface area (Å²) < 4.78 is 11.1. The number of benzene rings is 2. The minimum absolute atomic E-state index is 0.241. The summed E-state index contributed by atoms with van der Waals surface area (Å²) in [5.41, 5.74) is 5.12. The number of carbonyl (C=O) groups excluding carboxylic acids is 2. The van der Waals surface area contributed by atoms with Crippen LogP contribution in [0.5, 0.6) is 0 Å². The van der Waals surface area contributed by atoms with Gasteiger partial charge in [-0.2, -0.15) is 0 Å². The Morgan fingerprint density at radius 2 is 1.83 bits per heavy atom. The van der Waals surface area contributed by atoms with Gasteiger partial charge in [-0.05, 0) is 79.8 Å². The molecule has 6 rings (SSSR count). The van der Waals surface area contributed by atoms with Gasteiger partial charge in [0, 0.05) is 64.4 Å². The summed E-state index contributed by atoms with van der Waals surface area (Å²) in [5, 5.41) is 6.03. The van der Waals surface area contributed by atoms with Crippen LogP contribution in [0.2, 0.25) is 5.02 Å². The van der Waals surface area contributed by atoms with Crippen LogP contribution in [-0.4, -0.2) is 65.4 Å². The molecule has 8 nitrogen and oxygen atoms in total. The number of carbonyl (C=O) groups is 2. The number of halogens is 2. The first-order valence-electron chi connectivity index (χ1n) is 14.5. The van der Waals surface area contributed by atoms with Crippen LogP contribution in [0.4, 0.5) is 15.3 Å². The molecule has 0 saturated carbocycles. The van der Waals surface area contributed by atoms with E-state index in [1.807, 2.05) is 37.3 Å². The number of ether oxygens (including phenoxy) is 2. The molecule has 1 aromatic heterocycles. The maximum Gasteiger partial charge on any atom is 0.411 e. The molecule has 1 saturated heterocycles. The van der Waals surface area contributed by atoms with Gasteiger partial charge in [-0.1, -0.05) is 41.4 Å². The molecule has 2 aliphatic heterocycles. The Morgan fingerprint density at radius 3 is 2.55 bits per heavy atom. The molecular formula is C32H34Cl2N4O4. The number of H-pyrrole nitrogens is 1.